The summed E-state index contributed by atoms with van der Waals surface area (Å²) in [5.41, 5.74) is 4.59. The van der Waals surface area contributed by atoms with E-state index in [2.05, 4.69) is 26.1 Å². The number of hydrogen-bond donors (Lipinski definition) is 1. The summed E-state index contributed by atoms with van der Waals surface area (Å²) in [6, 6.07) is 10.1. The van der Waals surface area contributed by atoms with Crippen molar-refractivity contribution >= 4 is 28.3 Å². The molecular formula is C16H15ClN4. The molecule has 3 aromatic rings. The van der Waals surface area contributed by atoms with E-state index in [9.17, 15) is 0 Å². The maximum Gasteiger partial charge on any atom is 0.151 e. The Labute approximate surface area is 127 Å². The Morgan fingerprint density at radius 2 is 2.10 bits per heavy atom. The Kier molecular flexibility index (Phi) is 2.86. The summed E-state index contributed by atoms with van der Waals surface area (Å²) in [7, 11) is 0. The van der Waals surface area contributed by atoms with Crippen LogP contribution < -0.4 is 4.90 Å². The van der Waals surface area contributed by atoms with E-state index in [4.69, 9.17) is 11.6 Å². The van der Waals surface area contributed by atoms with Crippen molar-refractivity contribution in [1.29, 1.82) is 0 Å². The first-order chi connectivity index (χ1) is 10.2. The van der Waals surface area contributed by atoms with Crippen molar-refractivity contribution in [2.24, 2.45) is 0 Å². The Morgan fingerprint density at radius 1 is 1.19 bits per heavy atom. The Morgan fingerprint density at radius 3 is 2.90 bits per heavy atom. The molecule has 0 radical (unpaired) electrons. The second-order valence-corrected chi connectivity index (χ2v) is 5.86. The number of halogens is 1. The second-order valence-electron chi connectivity index (χ2n) is 5.45. The van der Waals surface area contributed by atoms with E-state index < -0.39 is 0 Å². The quantitative estimate of drug-likeness (QED) is 0.748. The summed E-state index contributed by atoms with van der Waals surface area (Å²) >= 11 is 6.28. The number of rotatable bonds is 1. The lowest BCUT2D eigenvalue weighted by atomic mass is 10.0. The van der Waals surface area contributed by atoms with Crippen LogP contribution >= 0.6 is 11.6 Å². The molecule has 0 atom stereocenters. The predicted octanol–water partition coefficient (Wildman–Crippen LogP) is 3.48. The number of aromatic nitrogens is 3. The van der Waals surface area contributed by atoms with Crippen molar-refractivity contribution in [3.8, 4) is 0 Å². The SMILES string of the molecule is Cc1ccc(N2CCc3[nH]c4c(Cl)cccc4c3C2)nn1. The van der Waals surface area contributed by atoms with Gasteiger partial charge in [-0.1, -0.05) is 23.7 Å². The molecule has 1 N–H and O–H groups in total. The lowest BCUT2D eigenvalue weighted by Crippen LogP contribution is -2.30. The minimum absolute atomic E-state index is 0.781. The van der Waals surface area contributed by atoms with Crippen LogP contribution in [0.4, 0.5) is 5.82 Å². The van der Waals surface area contributed by atoms with Gasteiger partial charge in [-0.15, -0.1) is 5.10 Å². The summed E-state index contributed by atoms with van der Waals surface area (Å²) in [5, 5.41) is 10.4. The number of H-pyrrole nitrogens is 1. The zero-order chi connectivity index (χ0) is 14.4. The molecule has 1 aromatic carbocycles. The van der Waals surface area contributed by atoms with Crippen molar-refractivity contribution in [2.75, 3.05) is 11.4 Å². The van der Waals surface area contributed by atoms with Crippen molar-refractivity contribution < 1.29 is 0 Å². The van der Waals surface area contributed by atoms with Gasteiger partial charge in [-0.25, -0.2) is 0 Å². The van der Waals surface area contributed by atoms with Crippen LogP contribution in [-0.2, 0) is 13.0 Å². The van der Waals surface area contributed by atoms with E-state index >= 15 is 0 Å². The minimum atomic E-state index is 0.781. The molecule has 0 bridgehead atoms. The van der Waals surface area contributed by atoms with Crippen molar-refractivity contribution in [1.82, 2.24) is 15.2 Å². The van der Waals surface area contributed by atoms with Gasteiger partial charge in [-0.3, -0.25) is 0 Å². The number of nitrogens with one attached hydrogen (secondary N) is 1. The van der Waals surface area contributed by atoms with Gasteiger partial charge in [0.2, 0.25) is 0 Å². The van der Waals surface area contributed by atoms with Gasteiger partial charge in [0.1, 0.15) is 0 Å². The Hall–Kier alpha value is -2.07. The fraction of sp³-hybridized carbons (Fsp3) is 0.250. The third-order valence-corrected chi connectivity index (χ3v) is 4.38. The first kappa shape index (κ1) is 12.7. The number of fused-ring (bicyclic) bond motifs is 3. The molecule has 3 heterocycles. The van der Waals surface area contributed by atoms with E-state index in [0.717, 1.165) is 41.6 Å². The highest BCUT2D eigenvalue weighted by molar-refractivity contribution is 6.35. The zero-order valence-electron chi connectivity index (χ0n) is 11.7. The molecule has 4 rings (SSSR count). The van der Waals surface area contributed by atoms with Gasteiger partial charge >= 0.3 is 0 Å². The molecule has 0 aliphatic carbocycles. The molecule has 106 valence electrons. The number of benzene rings is 1. The van der Waals surface area contributed by atoms with Gasteiger partial charge < -0.3 is 9.88 Å². The Balaban J connectivity index is 1.75. The van der Waals surface area contributed by atoms with Crippen LogP contribution in [0, 0.1) is 6.92 Å². The summed E-state index contributed by atoms with van der Waals surface area (Å²) in [6.45, 7) is 3.73. The van der Waals surface area contributed by atoms with Crippen molar-refractivity contribution in [2.45, 2.75) is 19.9 Å². The standard InChI is InChI=1S/C16H15ClN4/c1-10-5-6-15(20-19-10)21-8-7-14-12(9-21)11-3-2-4-13(17)16(11)18-14/h2-6,18H,7-9H2,1H3. The van der Waals surface area contributed by atoms with Crippen LogP contribution in [0.3, 0.4) is 0 Å². The molecule has 21 heavy (non-hydrogen) atoms. The molecular weight excluding hydrogens is 284 g/mol. The Bertz CT molecular complexity index is 807. The van der Waals surface area contributed by atoms with Crippen molar-refractivity contribution in [3.05, 3.63) is 52.3 Å². The van der Waals surface area contributed by atoms with E-state index in [1.54, 1.807) is 0 Å². The second kappa shape index (κ2) is 4.74. The fourth-order valence-corrected chi connectivity index (χ4v) is 3.18. The molecule has 0 spiro atoms. The zero-order valence-corrected chi connectivity index (χ0v) is 12.5. The lowest BCUT2D eigenvalue weighted by Gasteiger charge is -2.27. The summed E-state index contributed by atoms with van der Waals surface area (Å²) in [4.78, 5) is 5.74. The summed E-state index contributed by atoms with van der Waals surface area (Å²) in [6.07, 6.45) is 0.968. The average Bonchev–Trinajstić information content (AvgIpc) is 2.87. The largest absolute Gasteiger partial charge is 0.357 e. The summed E-state index contributed by atoms with van der Waals surface area (Å²) < 4.78 is 0. The van der Waals surface area contributed by atoms with E-state index in [0.29, 0.717) is 0 Å². The van der Waals surface area contributed by atoms with Crippen LogP contribution in [0.25, 0.3) is 10.9 Å². The number of anilines is 1. The van der Waals surface area contributed by atoms with Gasteiger partial charge in [0.15, 0.2) is 5.82 Å². The third kappa shape index (κ3) is 2.07. The lowest BCUT2D eigenvalue weighted by molar-refractivity contribution is 0.707. The first-order valence-electron chi connectivity index (χ1n) is 7.05. The van der Waals surface area contributed by atoms with Crippen molar-refractivity contribution in [3.63, 3.8) is 0 Å². The van der Waals surface area contributed by atoms with Gasteiger partial charge in [0, 0.05) is 36.2 Å². The third-order valence-electron chi connectivity index (χ3n) is 4.07. The number of para-hydroxylation sites is 1. The van der Waals surface area contributed by atoms with E-state index in [-0.39, 0.29) is 0 Å². The maximum absolute atomic E-state index is 6.28. The minimum Gasteiger partial charge on any atom is -0.357 e. The van der Waals surface area contributed by atoms with Crippen LogP contribution in [-0.4, -0.2) is 21.7 Å². The number of nitrogens with zero attached hydrogens (tertiary/aromatic N) is 3. The number of hydrogen-bond acceptors (Lipinski definition) is 3. The predicted molar refractivity (Wildman–Crippen MR) is 84.8 cm³/mol. The monoisotopic (exact) mass is 298 g/mol. The van der Waals surface area contributed by atoms with Gasteiger partial charge in [0.05, 0.1) is 16.2 Å². The van der Waals surface area contributed by atoms with Gasteiger partial charge in [-0.2, -0.15) is 5.10 Å². The maximum atomic E-state index is 6.28. The molecule has 0 fully saturated rings. The average molecular weight is 299 g/mol. The molecule has 2 aromatic heterocycles. The highest BCUT2D eigenvalue weighted by atomic mass is 35.5. The molecule has 0 saturated carbocycles. The highest BCUT2D eigenvalue weighted by Crippen LogP contribution is 2.32. The van der Waals surface area contributed by atoms with E-state index in [1.807, 2.05) is 31.2 Å². The molecule has 4 nitrogen and oxygen atoms in total. The molecule has 0 saturated heterocycles. The molecule has 1 aliphatic rings. The molecule has 0 unspecified atom stereocenters. The fourth-order valence-electron chi connectivity index (χ4n) is 2.96. The van der Waals surface area contributed by atoms with Crippen LogP contribution in [0.5, 0.6) is 0 Å². The van der Waals surface area contributed by atoms with E-state index in [1.165, 1.54) is 16.6 Å². The topological polar surface area (TPSA) is 44.8 Å². The number of aromatic amines is 1. The highest BCUT2D eigenvalue weighted by Gasteiger charge is 2.22. The van der Waals surface area contributed by atoms with Gasteiger partial charge in [0.25, 0.3) is 0 Å². The normalized spacial score (nSPS) is 14.5. The molecule has 0 amide bonds. The molecule has 1 aliphatic heterocycles. The summed E-state index contributed by atoms with van der Waals surface area (Å²) in [5.74, 6) is 0.933. The van der Waals surface area contributed by atoms with Crippen LogP contribution in [0.15, 0.2) is 30.3 Å². The first-order valence-corrected chi connectivity index (χ1v) is 7.43. The smallest absolute Gasteiger partial charge is 0.151 e. The number of aryl methyl sites for hydroxylation is 1. The van der Waals surface area contributed by atoms with Crippen LogP contribution in [0.2, 0.25) is 5.02 Å². The van der Waals surface area contributed by atoms with Gasteiger partial charge in [-0.05, 0) is 25.1 Å². The molecule has 5 heteroatoms. The van der Waals surface area contributed by atoms with Crippen LogP contribution in [0.1, 0.15) is 17.0 Å².